The lowest BCUT2D eigenvalue weighted by Gasteiger charge is -2.33. The van der Waals surface area contributed by atoms with Crippen molar-refractivity contribution in [2.24, 2.45) is 0 Å². The minimum Gasteiger partial charge on any atom is -0.379 e. The fraction of sp³-hybridized carbons (Fsp3) is 0.481. The van der Waals surface area contributed by atoms with E-state index in [4.69, 9.17) is 4.52 Å². The molecular weight excluding hydrogens is 562 g/mol. The van der Waals surface area contributed by atoms with Crippen molar-refractivity contribution in [2.75, 3.05) is 25.5 Å². The third-order valence-electron chi connectivity index (χ3n) is 6.90. The SMILES string of the molecule is CN1CC[C@@H](Nc2cccc3c2cc(-c2noc(CNC(=O)c4csc(C(C)(C)C)n4)n2)n3C(F)C(F)F)[C@@H](F)C1. The van der Waals surface area contributed by atoms with Crippen molar-refractivity contribution >= 4 is 33.8 Å². The molecule has 1 aromatic carbocycles. The zero-order valence-electron chi connectivity index (χ0n) is 23.0. The lowest BCUT2D eigenvalue weighted by molar-refractivity contribution is 0.0114. The maximum absolute atomic E-state index is 15.0. The molecule has 1 amide bonds. The minimum atomic E-state index is -3.33. The molecule has 4 aromatic rings. The number of aromatic nitrogens is 4. The van der Waals surface area contributed by atoms with Gasteiger partial charge in [0.2, 0.25) is 18.0 Å². The first-order chi connectivity index (χ1) is 19.4. The van der Waals surface area contributed by atoms with Crippen LogP contribution in [0.25, 0.3) is 22.4 Å². The van der Waals surface area contributed by atoms with Gasteiger partial charge in [0.05, 0.1) is 28.8 Å². The topological polar surface area (TPSA) is 101 Å². The van der Waals surface area contributed by atoms with Gasteiger partial charge in [-0.05, 0) is 31.7 Å². The molecule has 2 N–H and O–H groups in total. The van der Waals surface area contributed by atoms with E-state index in [0.717, 1.165) is 9.57 Å². The van der Waals surface area contributed by atoms with E-state index in [9.17, 15) is 22.4 Å². The summed E-state index contributed by atoms with van der Waals surface area (Å²) in [6.07, 6.45) is -6.62. The summed E-state index contributed by atoms with van der Waals surface area (Å²) >= 11 is 1.38. The number of nitrogens with one attached hydrogen (secondary N) is 2. The molecule has 0 radical (unpaired) electrons. The number of benzene rings is 1. The molecule has 220 valence electrons. The monoisotopic (exact) mass is 593 g/mol. The maximum atomic E-state index is 15.0. The lowest BCUT2D eigenvalue weighted by Crippen LogP contribution is -2.46. The van der Waals surface area contributed by atoms with Gasteiger partial charge in [0.15, 0.2) is 0 Å². The molecule has 0 bridgehead atoms. The number of rotatable bonds is 8. The van der Waals surface area contributed by atoms with Gasteiger partial charge in [-0.25, -0.2) is 22.5 Å². The highest BCUT2D eigenvalue weighted by molar-refractivity contribution is 7.10. The molecule has 1 fully saturated rings. The van der Waals surface area contributed by atoms with Gasteiger partial charge in [0, 0.05) is 35.0 Å². The number of alkyl halides is 4. The number of nitrogens with zero attached hydrogens (tertiary/aromatic N) is 5. The van der Waals surface area contributed by atoms with E-state index in [2.05, 4.69) is 25.8 Å². The van der Waals surface area contributed by atoms with Crippen LogP contribution in [-0.2, 0) is 12.0 Å². The summed E-state index contributed by atoms with van der Waals surface area (Å²) in [5, 5.41) is 12.6. The average molecular weight is 594 g/mol. The van der Waals surface area contributed by atoms with Gasteiger partial charge < -0.3 is 24.6 Å². The number of likely N-dealkylation sites (tertiary alicyclic amines) is 1. The number of fused-ring (bicyclic) bond motifs is 1. The Balaban J connectivity index is 1.41. The second kappa shape index (κ2) is 11.4. The highest BCUT2D eigenvalue weighted by Gasteiger charge is 2.31. The van der Waals surface area contributed by atoms with Crippen molar-refractivity contribution in [1.29, 1.82) is 0 Å². The fourth-order valence-electron chi connectivity index (χ4n) is 4.75. The van der Waals surface area contributed by atoms with Crippen molar-refractivity contribution in [2.45, 2.75) is 64.1 Å². The molecule has 4 heterocycles. The molecule has 0 saturated carbocycles. The number of anilines is 1. The van der Waals surface area contributed by atoms with Crippen LogP contribution in [0.1, 0.15) is 54.9 Å². The van der Waals surface area contributed by atoms with Gasteiger partial charge in [0.25, 0.3) is 12.3 Å². The van der Waals surface area contributed by atoms with E-state index >= 15 is 0 Å². The quantitative estimate of drug-likeness (QED) is 0.258. The largest absolute Gasteiger partial charge is 0.379 e. The van der Waals surface area contributed by atoms with Gasteiger partial charge >= 0.3 is 0 Å². The minimum absolute atomic E-state index is 0.00571. The molecule has 1 saturated heterocycles. The number of amides is 1. The Labute approximate surface area is 237 Å². The molecule has 1 aliphatic rings. The number of piperidine rings is 1. The van der Waals surface area contributed by atoms with Crippen LogP contribution in [0.15, 0.2) is 34.2 Å². The predicted molar refractivity (Wildman–Crippen MR) is 148 cm³/mol. The summed E-state index contributed by atoms with van der Waals surface area (Å²) in [6.45, 7) is 6.79. The second-order valence-corrected chi connectivity index (χ2v) is 12.0. The van der Waals surface area contributed by atoms with Crippen LogP contribution in [-0.4, -0.2) is 69.3 Å². The Kier molecular flexibility index (Phi) is 8.06. The second-order valence-electron chi connectivity index (χ2n) is 11.1. The van der Waals surface area contributed by atoms with Crippen molar-refractivity contribution in [3.8, 4) is 11.5 Å². The number of carbonyl (C=O) groups is 1. The van der Waals surface area contributed by atoms with E-state index in [1.165, 1.54) is 23.5 Å². The van der Waals surface area contributed by atoms with E-state index in [1.807, 2.05) is 32.7 Å². The van der Waals surface area contributed by atoms with Gasteiger partial charge in [-0.3, -0.25) is 4.79 Å². The zero-order chi connectivity index (χ0) is 29.5. The predicted octanol–water partition coefficient (Wildman–Crippen LogP) is 5.56. The van der Waals surface area contributed by atoms with E-state index in [0.29, 0.717) is 24.0 Å². The highest BCUT2D eigenvalue weighted by Crippen LogP contribution is 2.37. The van der Waals surface area contributed by atoms with Gasteiger partial charge in [0.1, 0.15) is 11.9 Å². The Morgan fingerprint density at radius 1 is 1.24 bits per heavy atom. The van der Waals surface area contributed by atoms with Crippen LogP contribution in [0.4, 0.5) is 23.2 Å². The average Bonchev–Trinajstić information content (AvgIpc) is 3.66. The van der Waals surface area contributed by atoms with Crippen molar-refractivity contribution in [3.63, 3.8) is 0 Å². The van der Waals surface area contributed by atoms with Gasteiger partial charge in [-0.1, -0.05) is 32.0 Å². The zero-order valence-corrected chi connectivity index (χ0v) is 23.8. The molecule has 14 heteroatoms. The number of hydrogen-bond acceptors (Lipinski definition) is 8. The summed E-state index contributed by atoms with van der Waals surface area (Å²) in [7, 11) is 1.84. The first-order valence-corrected chi connectivity index (χ1v) is 14.0. The van der Waals surface area contributed by atoms with Crippen molar-refractivity contribution in [1.82, 2.24) is 29.9 Å². The van der Waals surface area contributed by atoms with Crippen LogP contribution in [0.5, 0.6) is 0 Å². The van der Waals surface area contributed by atoms with Crippen LogP contribution >= 0.6 is 11.3 Å². The molecule has 3 atom stereocenters. The fourth-order valence-corrected chi connectivity index (χ4v) is 5.63. The molecule has 0 aliphatic carbocycles. The van der Waals surface area contributed by atoms with Crippen LogP contribution in [0.3, 0.4) is 0 Å². The summed E-state index contributed by atoms with van der Waals surface area (Å²) < 4.78 is 63.0. The highest BCUT2D eigenvalue weighted by atomic mass is 32.1. The number of carbonyl (C=O) groups excluding carboxylic acids is 1. The summed E-state index contributed by atoms with van der Waals surface area (Å²) in [4.78, 5) is 23.1. The number of thiazole rings is 1. The third kappa shape index (κ3) is 6.08. The van der Waals surface area contributed by atoms with E-state index < -0.39 is 30.8 Å². The lowest BCUT2D eigenvalue weighted by atomic mass is 9.98. The third-order valence-corrected chi connectivity index (χ3v) is 8.17. The normalized spacial score (nSPS) is 19.1. The molecule has 1 aliphatic heterocycles. The van der Waals surface area contributed by atoms with Crippen LogP contribution in [0.2, 0.25) is 0 Å². The summed E-state index contributed by atoms with van der Waals surface area (Å²) in [5.74, 6) is -0.581. The molecular formula is C27H31F4N7O2S. The van der Waals surface area contributed by atoms with Gasteiger partial charge in [-0.2, -0.15) is 4.98 Å². The molecule has 3 aromatic heterocycles. The van der Waals surface area contributed by atoms with Crippen LogP contribution < -0.4 is 10.6 Å². The Bertz CT molecular complexity index is 1530. The maximum Gasteiger partial charge on any atom is 0.288 e. The molecule has 1 unspecified atom stereocenters. The summed E-state index contributed by atoms with van der Waals surface area (Å²) in [6, 6.07) is 5.77. The van der Waals surface area contributed by atoms with Gasteiger partial charge in [-0.15, -0.1) is 11.3 Å². The Morgan fingerprint density at radius 2 is 2.02 bits per heavy atom. The molecule has 5 rings (SSSR count). The standard InChI is InChI=1S/C27H31F4N7O2S/c1-27(2,3)26-34-18(13-41-26)25(39)32-11-21-35-24(36-40-21)20-10-14-16(33-17-8-9-37(4)12-15(17)28)6-5-7-19(14)38(20)23(31)22(29)30/h5-7,10,13,15,17,22-23,33H,8-9,11-12H2,1-4H3,(H,32,39)/t15-,17+,23?/m0/s1. The molecule has 9 nitrogen and oxygen atoms in total. The van der Waals surface area contributed by atoms with Crippen molar-refractivity contribution < 1.29 is 26.9 Å². The van der Waals surface area contributed by atoms with Crippen molar-refractivity contribution in [3.05, 3.63) is 46.2 Å². The van der Waals surface area contributed by atoms with E-state index in [-0.39, 0.29) is 47.1 Å². The number of hydrogen-bond donors (Lipinski definition) is 2. The summed E-state index contributed by atoms with van der Waals surface area (Å²) in [5.41, 5.74) is 0.648. The van der Waals surface area contributed by atoms with E-state index in [1.54, 1.807) is 17.5 Å². The molecule has 41 heavy (non-hydrogen) atoms. The first-order valence-electron chi connectivity index (χ1n) is 13.1. The molecule has 0 spiro atoms. The number of halogens is 4. The smallest absolute Gasteiger partial charge is 0.288 e. The van der Waals surface area contributed by atoms with Crippen LogP contribution in [0, 0.1) is 0 Å². The Morgan fingerprint density at radius 3 is 2.71 bits per heavy atom. The Hall–Kier alpha value is -3.52. The first kappa shape index (κ1) is 29.0.